The van der Waals surface area contributed by atoms with Crippen LogP contribution >= 0.6 is 15.9 Å². The topological polar surface area (TPSA) is 44.1 Å². The Balaban J connectivity index is 2.09. The second-order valence-corrected chi connectivity index (χ2v) is 4.61. The van der Waals surface area contributed by atoms with Gasteiger partial charge in [0.15, 0.2) is 0 Å². The number of aromatic nitrogens is 2. The molecule has 1 aliphatic heterocycles. The molecule has 1 saturated heterocycles. The Morgan fingerprint density at radius 3 is 3.20 bits per heavy atom. The van der Waals surface area contributed by atoms with Gasteiger partial charge in [-0.15, -0.1) is 0 Å². The van der Waals surface area contributed by atoms with E-state index in [-0.39, 0.29) is 11.8 Å². The van der Waals surface area contributed by atoms with Crippen LogP contribution in [-0.2, 0) is 11.3 Å². The highest BCUT2D eigenvalue weighted by Gasteiger charge is 2.14. The SMILES string of the molecule is O=c1ncc(Br)cn1CC1CCCCO1. The molecule has 5 heteroatoms. The molecule has 0 spiro atoms. The fourth-order valence-electron chi connectivity index (χ4n) is 1.73. The molecule has 0 amide bonds. The smallest absolute Gasteiger partial charge is 0.347 e. The molecule has 82 valence electrons. The summed E-state index contributed by atoms with van der Waals surface area (Å²) in [6.45, 7) is 1.41. The van der Waals surface area contributed by atoms with Crippen LogP contribution in [0.25, 0.3) is 0 Å². The van der Waals surface area contributed by atoms with Gasteiger partial charge in [-0.25, -0.2) is 9.78 Å². The highest BCUT2D eigenvalue weighted by atomic mass is 79.9. The third-order valence-electron chi connectivity index (χ3n) is 2.50. The van der Waals surface area contributed by atoms with Gasteiger partial charge in [-0.05, 0) is 35.2 Å². The van der Waals surface area contributed by atoms with Crippen molar-refractivity contribution >= 4 is 15.9 Å². The van der Waals surface area contributed by atoms with Gasteiger partial charge in [-0.1, -0.05) is 0 Å². The molecule has 0 radical (unpaired) electrons. The van der Waals surface area contributed by atoms with Crippen LogP contribution in [0.15, 0.2) is 21.7 Å². The zero-order valence-corrected chi connectivity index (χ0v) is 9.94. The van der Waals surface area contributed by atoms with Crippen molar-refractivity contribution in [1.82, 2.24) is 9.55 Å². The first kappa shape index (κ1) is 10.8. The van der Waals surface area contributed by atoms with Crippen molar-refractivity contribution in [3.8, 4) is 0 Å². The van der Waals surface area contributed by atoms with E-state index < -0.39 is 0 Å². The molecular weight excluding hydrogens is 260 g/mol. The van der Waals surface area contributed by atoms with Crippen molar-refractivity contribution in [2.45, 2.75) is 31.9 Å². The first-order valence-electron chi connectivity index (χ1n) is 5.09. The average Bonchev–Trinajstić information content (AvgIpc) is 2.25. The molecular formula is C10H13BrN2O2. The molecule has 4 nitrogen and oxygen atoms in total. The lowest BCUT2D eigenvalue weighted by Gasteiger charge is -2.22. The molecule has 1 fully saturated rings. The lowest BCUT2D eigenvalue weighted by Crippen LogP contribution is -2.31. The summed E-state index contributed by atoms with van der Waals surface area (Å²) in [5.41, 5.74) is -0.215. The van der Waals surface area contributed by atoms with Gasteiger partial charge in [0.1, 0.15) is 0 Å². The fraction of sp³-hybridized carbons (Fsp3) is 0.600. The van der Waals surface area contributed by atoms with E-state index in [4.69, 9.17) is 4.74 Å². The third kappa shape index (κ3) is 2.89. The summed E-state index contributed by atoms with van der Waals surface area (Å²) < 4.78 is 7.99. The molecule has 0 aromatic carbocycles. The van der Waals surface area contributed by atoms with Gasteiger partial charge in [0.05, 0.1) is 17.1 Å². The predicted octanol–water partition coefficient (Wildman–Crippen LogP) is 1.57. The zero-order chi connectivity index (χ0) is 10.7. The first-order chi connectivity index (χ1) is 7.25. The van der Waals surface area contributed by atoms with Gasteiger partial charge >= 0.3 is 5.69 Å². The Morgan fingerprint density at radius 2 is 2.47 bits per heavy atom. The quantitative estimate of drug-likeness (QED) is 0.821. The molecule has 15 heavy (non-hydrogen) atoms. The number of nitrogens with zero attached hydrogens (tertiary/aromatic N) is 2. The molecule has 2 rings (SSSR count). The minimum atomic E-state index is -0.215. The summed E-state index contributed by atoms with van der Waals surface area (Å²) in [6.07, 6.45) is 6.77. The molecule has 0 N–H and O–H groups in total. The fourth-order valence-corrected chi connectivity index (χ4v) is 2.08. The van der Waals surface area contributed by atoms with Gasteiger partial charge in [-0.2, -0.15) is 0 Å². The first-order valence-corrected chi connectivity index (χ1v) is 5.88. The maximum Gasteiger partial charge on any atom is 0.347 e. The van der Waals surface area contributed by atoms with Crippen molar-refractivity contribution in [3.05, 3.63) is 27.4 Å². The van der Waals surface area contributed by atoms with Crippen LogP contribution in [0.1, 0.15) is 19.3 Å². The molecule has 2 heterocycles. The predicted molar refractivity (Wildman–Crippen MR) is 59.8 cm³/mol. The van der Waals surface area contributed by atoms with E-state index in [1.54, 1.807) is 10.8 Å². The molecule has 0 aliphatic carbocycles. The van der Waals surface area contributed by atoms with E-state index in [0.29, 0.717) is 6.54 Å². The average molecular weight is 273 g/mol. The molecule has 1 aromatic rings. The van der Waals surface area contributed by atoms with Crippen molar-refractivity contribution in [3.63, 3.8) is 0 Å². The summed E-state index contributed by atoms with van der Waals surface area (Å²) in [4.78, 5) is 15.2. The standard InChI is InChI=1S/C10H13BrN2O2/c11-8-5-12-10(14)13(6-8)7-9-3-1-2-4-15-9/h5-6,9H,1-4,7H2. The Kier molecular flexibility index (Phi) is 3.53. The van der Waals surface area contributed by atoms with E-state index >= 15 is 0 Å². The van der Waals surface area contributed by atoms with Crippen molar-refractivity contribution in [2.75, 3.05) is 6.61 Å². The maximum absolute atomic E-state index is 11.4. The third-order valence-corrected chi connectivity index (χ3v) is 2.91. The van der Waals surface area contributed by atoms with Crippen LogP contribution in [0.3, 0.4) is 0 Å². The van der Waals surface area contributed by atoms with Crippen molar-refractivity contribution in [2.24, 2.45) is 0 Å². The van der Waals surface area contributed by atoms with Gasteiger partial charge < -0.3 is 4.74 Å². The highest BCUT2D eigenvalue weighted by Crippen LogP contribution is 2.14. The minimum Gasteiger partial charge on any atom is -0.376 e. The van der Waals surface area contributed by atoms with Crippen LogP contribution in [0.5, 0.6) is 0 Å². The van der Waals surface area contributed by atoms with Crippen LogP contribution in [0.2, 0.25) is 0 Å². The summed E-state index contributed by atoms with van der Waals surface area (Å²) in [7, 11) is 0. The van der Waals surface area contributed by atoms with Crippen LogP contribution < -0.4 is 5.69 Å². The van der Waals surface area contributed by atoms with Crippen LogP contribution in [0.4, 0.5) is 0 Å². The largest absolute Gasteiger partial charge is 0.376 e. The highest BCUT2D eigenvalue weighted by molar-refractivity contribution is 9.10. The maximum atomic E-state index is 11.4. The molecule has 0 bridgehead atoms. The van der Waals surface area contributed by atoms with E-state index in [1.165, 1.54) is 12.6 Å². The summed E-state index contributed by atoms with van der Waals surface area (Å²) in [5, 5.41) is 0. The molecule has 1 atom stereocenters. The second kappa shape index (κ2) is 4.90. The zero-order valence-electron chi connectivity index (χ0n) is 8.36. The monoisotopic (exact) mass is 272 g/mol. The molecule has 1 unspecified atom stereocenters. The summed E-state index contributed by atoms with van der Waals surface area (Å²) in [6, 6.07) is 0. The summed E-state index contributed by atoms with van der Waals surface area (Å²) in [5.74, 6) is 0. The molecule has 0 saturated carbocycles. The number of ether oxygens (including phenoxy) is 1. The van der Waals surface area contributed by atoms with Crippen molar-refractivity contribution < 1.29 is 4.74 Å². The van der Waals surface area contributed by atoms with Crippen molar-refractivity contribution in [1.29, 1.82) is 0 Å². The lowest BCUT2D eigenvalue weighted by molar-refractivity contribution is 0.00518. The molecule has 1 aliphatic rings. The summed E-state index contributed by atoms with van der Waals surface area (Å²) >= 11 is 3.30. The lowest BCUT2D eigenvalue weighted by atomic mass is 10.1. The van der Waals surface area contributed by atoms with Crippen LogP contribution in [0, 0.1) is 0 Å². The Bertz CT molecular complexity index is 385. The van der Waals surface area contributed by atoms with Gasteiger partial charge in [-0.3, -0.25) is 4.57 Å². The Labute approximate surface area is 96.4 Å². The normalized spacial score (nSPS) is 21.5. The number of rotatable bonds is 2. The van der Waals surface area contributed by atoms with E-state index in [2.05, 4.69) is 20.9 Å². The van der Waals surface area contributed by atoms with Gasteiger partial charge in [0, 0.05) is 19.0 Å². The number of halogens is 1. The minimum absolute atomic E-state index is 0.160. The van der Waals surface area contributed by atoms with Gasteiger partial charge in [0.25, 0.3) is 0 Å². The van der Waals surface area contributed by atoms with Gasteiger partial charge in [0.2, 0.25) is 0 Å². The molecule has 1 aromatic heterocycles. The van der Waals surface area contributed by atoms with Crippen LogP contribution in [-0.4, -0.2) is 22.3 Å². The van der Waals surface area contributed by atoms with E-state index in [0.717, 1.165) is 23.9 Å². The second-order valence-electron chi connectivity index (χ2n) is 3.70. The Hall–Kier alpha value is -0.680. The van der Waals surface area contributed by atoms with E-state index in [9.17, 15) is 4.79 Å². The Morgan fingerprint density at radius 1 is 1.60 bits per heavy atom. The number of hydrogen-bond acceptors (Lipinski definition) is 3. The number of hydrogen-bond donors (Lipinski definition) is 0. The van der Waals surface area contributed by atoms with E-state index in [1.807, 2.05) is 0 Å².